The molecule has 12 heteroatoms. The number of carboxylic acid groups (broad SMARTS) is 1. The van der Waals surface area contributed by atoms with Crippen molar-refractivity contribution in [2.24, 2.45) is 0 Å². The van der Waals surface area contributed by atoms with Gasteiger partial charge in [-0.15, -0.1) is 0 Å². The molecule has 0 aliphatic heterocycles. The van der Waals surface area contributed by atoms with E-state index in [2.05, 4.69) is 9.44 Å². The summed E-state index contributed by atoms with van der Waals surface area (Å²) in [5.74, 6) is -1.20. The summed E-state index contributed by atoms with van der Waals surface area (Å²) < 4.78 is 54.7. The van der Waals surface area contributed by atoms with Crippen molar-refractivity contribution >= 4 is 60.6 Å². The van der Waals surface area contributed by atoms with Crippen LogP contribution in [0.3, 0.4) is 0 Å². The van der Waals surface area contributed by atoms with Crippen molar-refractivity contribution in [1.29, 1.82) is 0 Å². The third-order valence-electron chi connectivity index (χ3n) is 3.92. The van der Waals surface area contributed by atoms with Crippen molar-refractivity contribution < 1.29 is 26.7 Å². The average molecular weight is 501 g/mol. The van der Waals surface area contributed by atoms with Crippen LogP contribution in [0.25, 0.3) is 0 Å². The fourth-order valence-corrected chi connectivity index (χ4v) is 5.36. The van der Waals surface area contributed by atoms with Crippen LogP contribution >= 0.6 is 23.2 Å². The van der Waals surface area contributed by atoms with E-state index in [0.717, 1.165) is 0 Å². The highest BCUT2D eigenvalue weighted by Gasteiger charge is 2.18. The van der Waals surface area contributed by atoms with E-state index in [0.29, 0.717) is 0 Å². The molecule has 0 spiro atoms. The van der Waals surface area contributed by atoms with E-state index in [4.69, 9.17) is 28.3 Å². The SMILES string of the molecule is O=C(O)c1cccc(NS(=O)(=O)c2ccc(NS(=O)(=O)c3cc(Cl)cc(Cl)c3)cc2)c1. The van der Waals surface area contributed by atoms with Crippen LogP contribution in [0.1, 0.15) is 10.4 Å². The van der Waals surface area contributed by atoms with E-state index >= 15 is 0 Å². The second-order valence-electron chi connectivity index (χ2n) is 6.23. The molecule has 3 aromatic rings. The molecule has 31 heavy (non-hydrogen) atoms. The molecule has 0 atom stereocenters. The van der Waals surface area contributed by atoms with Gasteiger partial charge < -0.3 is 5.11 Å². The van der Waals surface area contributed by atoms with E-state index in [1.165, 1.54) is 66.7 Å². The molecule has 3 rings (SSSR count). The van der Waals surface area contributed by atoms with Crippen LogP contribution in [0.2, 0.25) is 10.0 Å². The summed E-state index contributed by atoms with van der Waals surface area (Å²) in [5.41, 5.74) is 0.108. The first-order valence-electron chi connectivity index (χ1n) is 8.41. The maximum absolute atomic E-state index is 12.5. The number of aromatic carboxylic acids is 1. The molecule has 8 nitrogen and oxygen atoms in total. The van der Waals surface area contributed by atoms with Gasteiger partial charge in [-0.1, -0.05) is 29.3 Å². The maximum atomic E-state index is 12.5. The molecule has 0 saturated heterocycles. The Labute approximate surface area is 188 Å². The van der Waals surface area contributed by atoms with Gasteiger partial charge in [0.15, 0.2) is 0 Å². The van der Waals surface area contributed by atoms with Gasteiger partial charge in [-0.2, -0.15) is 0 Å². The molecule has 0 aliphatic rings. The summed E-state index contributed by atoms with van der Waals surface area (Å²) in [7, 11) is -8.04. The highest BCUT2D eigenvalue weighted by atomic mass is 35.5. The molecule has 0 aromatic heterocycles. The summed E-state index contributed by atoms with van der Waals surface area (Å²) in [4.78, 5) is 10.7. The number of benzene rings is 3. The second-order valence-corrected chi connectivity index (χ2v) is 10.5. The van der Waals surface area contributed by atoms with Gasteiger partial charge in [0.25, 0.3) is 20.0 Å². The van der Waals surface area contributed by atoms with E-state index in [-0.39, 0.29) is 36.8 Å². The minimum atomic E-state index is -4.03. The quantitative estimate of drug-likeness (QED) is 0.443. The largest absolute Gasteiger partial charge is 0.478 e. The molecule has 0 radical (unpaired) electrons. The van der Waals surface area contributed by atoms with Gasteiger partial charge in [0.1, 0.15) is 0 Å². The topological polar surface area (TPSA) is 130 Å². The standard InChI is InChI=1S/C19H14Cl2N2O6S2/c20-13-9-14(21)11-18(10-13)31(28,29)22-15-4-6-17(7-5-15)30(26,27)23-16-3-1-2-12(8-16)19(24)25/h1-11,22-23H,(H,24,25). The van der Waals surface area contributed by atoms with Crippen LogP contribution in [-0.2, 0) is 20.0 Å². The van der Waals surface area contributed by atoms with E-state index in [1.54, 1.807) is 0 Å². The van der Waals surface area contributed by atoms with Gasteiger partial charge >= 0.3 is 5.97 Å². The Bertz CT molecular complexity index is 1340. The number of halogens is 2. The number of carbonyl (C=O) groups is 1. The Morgan fingerprint density at radius 3 is 1.84 bits per heavy atom. The number of rotatable bonds is 7. The third-order valence-corrected chi connectivity index (χ3v) is 7.12. The van der Waals surface area contributed by atoms with Crippen molar-refractivity contribution in [3.63, 3.8) is 0 Å². The Balaban J connectivity index is 1.80. The monoisotopic (exact) mass is 500 g/mol. The zero-order valence-electron chi connectivity index (χ0n) is 15.4. The van der Waals surface area contributed by atoms with Crippen LogP contribution in [0.5, 0.6) is 0 Å². The molecule has 0 heterocycles. The molecule has 0 fully saturated rings. The minimum absolute atomic E-state index is 0.0718. The van der Waals surface area contributed by atoms with Gasteiger partial charge in [0.2, 0.25) is 0 Å². The Hall–Kier alpha value is -2.79. The first kappa shape index (κ1) is 22.9. The van der Waals surface area contributed by atoms with Gasteiger partial charge in [0, 0.05) is 21.4 Å². The van der Waals surface area contributed by atoms with Crippen LogP contribution in [0.4, 0.5) is 11.4 Å². The van der Waals surface area contributed by atoms with Gasteiger partial charge in [-0.3, -0.25) is 9.44 Å². The van der Waals surface area contributed by atoms with Crippen molar-refractivity contribution in [2.45, 2.75) is 9.79 Å². The third kappa shape index (κ3) is 5.67. The normalized spacial score (nSPS) is 11.7. The number of anilines is 2. The highest BCUT2D eigenvalue weighted by Crippen LogP contribution is 2.25. The minimum Gasteiger partial charge on any atom is -0.478 e. The molecule has 3 N–H and O–H groups in total. The van der Waals surface area contributed by atoms with Crippen LogP contribution in [0.15, 0.2) is 76.5 Å². The maximum Gasteiger partial charge on any atom is 0.335 e. The Morgan fingerprint density at radius 2 is 1.26 bits per heavy atom. The summed E-state index contributed by atoms with van der Waals surface area (Å²) in [6.45, 7) is 0. The van der Waals surface area contributed by atoms with E-state index in [1.807, 2.05) is 0 Å². The first-order valence-corrected chi connectivity index (χ1v) is 12.1. The molecule has 0 saturated carbocycles. The predicted molar refractivity (Wildman–Crippen MR) is 118 cm³/mol. The van der Waals surface area contributed by atoms with Crippen molar-refractivity contribution in [2.75, 3.05) is 9.44 Å². The lowest BCUT2D eigenvalue weighted by molar-refractivity contribution is 0.0697. The molecule has 0 unspecified atom stereocenters. The number of sulfonamides is 2. The van der Waals surface area contributed by atoms with Crippen LogP contribution in [0, 0.1) is 0 Å². The average Bonchev–Trinajstić information content (AvgIpc) is 2.67. The lowest BCUT2D eigenvalue weighted by atomic mass is 10.2. The molecule has 0 amide bonds. The number of hydrogen-bond acceptors (Lipinski definition) is 5. The van der Waals surface area contributed by atoms with E-state index < -0.39 is 26.0 Å². The summed E-state index contributed by atoms with van der Waals surface area (Å²) in [6, 6.07) is 14.1. The fourth-order valence-electron chi connectivity index (χ4n) is 2.53. The summed E-state index contributed by atoms with van der Waals surface area (Å²) >= 11 is 11.7. The molecule has 3 aromatic carbocycles. The zero-order valence-corrected chi connectivity index (χ0v) is 18.6. The lowest BCUT2D eigenvalue weighted by Gasteiger charge is -2.11. The van der Waals surface area contributed by atoms with E-state index in [9.17, 15) is 21.6 Å². The summed E-state index contributed by atoms with van der Waals surface area (Å²) in [5, 5.41) is 9.30. The van der Waals surface area contributed by atoms with Crippen molar-refractivity contribution in [1.82, 2.24) is 0 Å². The highest BCUT2D eigenvalue weighted by molar-refractivity contribution is 7.93. The van der Waals surface area contributed by atoms with Crippen LogP contribution < -0.4 is 9.44 Å². The Morgan fingerprint density at radius 1 is 0.710 bits per heavy atom. The molecule has 0 bridgehead atoms. The molecular weight excluding hydrogens is 487 g/mol. The predicted octanol–water partition coefficient (Wildman–Crippen LogP) is 4.29. The first-order chi connectivity index (χ1) is 14.5. The van der Waals surface area contributed by atoms with Gasteiger partial charge in [-0.05, 0) is 60.7 Å². The number of carboxylic acids is 1. The zero-order chi connectivity index (χ0) is 22.8. The van der Waals surface area contributed by atoms with Crippen LogP contribution in [-0.4, -0.2) is 27.9 Å². The lowest BCUT2D eigenvalue weighted by Crippen LogP contribution is -2.15. The molecular formula is C19H14Cl2N2O6S2. The number of hydrogen-bond donors (Lipinski definition) is 3. The summed E-state index contributed by atoms with van der Waals surface area (Å²) in [6.07, 6.45) is 0. The molecule has 0 aliphatic carbocycles. The second kappa shape index (κ2) is 8.75. The Kier molecular flexibility index (Phi) is 6.46. The fraction of sp³-hybridized carbons (Fsp3) is 0. The number of nitrogens with one attached hydrogen (secondary N) is 2. The van der Waals surface area contributed by atoms with Gasteiger partial charge in [0.05, 0.1) is 15.4 Å². The van der Waals surface area contributed by atoms with Crippen molar-refractivity contribution in [3.05, 3.63) is 82.3 Å². The molecule has 162 valence electrons. The smallest absolute Gasteiger partial charge is 0.335 e. The van der Waals surface area contributed by atoms with Gasteiger partial charge in [-0.25, -0.2) is 21.6 Å². The van der Waals surface area contributed by atoms with Crippen molar-refractivity contribution in [3.8, 4) is 0 Å².